The number of carboxylic acids is 1. The largest absolute Gasteiger partial charge is 0.481 e. The van der Waals surface area contributed by atoms with Crippen molar-refractivity contribution in [1.29, 1.82) is 0 Å². The van der Waals surface area contributed by atoms with Crippen LogP contribution in [0.3, 0.4) is 0 Å². The summed E-state index contributed by atoms with van der Waals surface area (Å²) in [5.41, 5.74) is -1.05. The summed E-state index contributed by atoms with van der Waals surface area (Å²) < 4.78 is 0. The Balaban J connectivity index is 1.63. The molecule has 6 nitrogen and oxygen atoms in total. The fourth-order valence-corrected chi connectivity index (χ4v) is 8.92. The van der Waals surface area contributed by atoms with E-state index in [0.29, 0.717) is 25.7 Å². The lowest BCUT2D eigenvalue weighted by atomic mass is 9.44. The zero-order valence-electron chi connectivity index (χ0n) is 24.5. The zero-order chi connectivity index (χ0) is 28.1. The molecule has 6 atom stereocenters. The molecule has 2 fully saturated rings. The van der Waals surface area contributed by atoms with Crippen LogP contribution in [0.15, 0.2) is 35.9 Å². The minimum absolute atomic E-state index is 0.0575. The molecule has 210 valence electrons. The molecule has 4 aliphatic rings. The van der Waals surface area contributed by atoms with Crippen LogP contribution in [0.4, 0.5) is 0 Å². The topological polar surface area (TPSA) is 90.2 Å². The second-order valence-corrected chi connectivity index (χ2v) is 14.6. The summed E-state index contributed by atoms with van der Waals surface area (Å²) in [6.45, 7) is 16.2. The fourth-order valence-electron chi connectivity index (χ4n) is 8.92. The molecule has 0 bridgehead atoms. The molecule has 0 unspecified atom stereocenters. The van der Waals surface area contributed by atoms with Crippen molar-refractivity contribution in [2.45, 2.75) is 122 Å². The van der Waals surface area contributed by atoms with Crippen molar-refractivity contribution >= 4 is 5.97 Å². The highest BCUT2D eigenvalue weighted by Gasteiger charge is 2.63. The first-order valence-electron chi connectivity index (χ1n) is 14.4. The van der Waals surface area contributed by atoms with Crippen LogP contribution in [0.2, 0.25) is 0 Å². The lowest BCUT2D eigenvalue weighted by Crippen LogP contribution is -2.61. The maximum atomic E-state index is 12.7. The molecule has 0 spiro atoms. The Kier molecular flexibility index (Phi) is 6.14. The molecule has 2 saturated carbocycles. The van der Waals surface area contributed by atoms with Crippen LogP contribution in [-0.4, -0.2) is 43.7 Å². The smallest absolute Gasteiger partial charge is 0.309 e. The molecule has 3 N–H and O–H groups in total. The molecule has 1 aromatic carbocycles. The van der Waals surface area contributed by atoms with Gasteiger partial charge in [-0.1, -0.05) is 37.6 Å². The van der Waals surface area contributed by atoms with E-state index in [2.05, 4.69) is 63.9 Å². The predicted molar refractivity (Wildman–Crippen MR) is 147 cm³/mol. The molecule has 0 amide bonds. The van der Waals surface area contributed by atoms with E-state index in [-0.39, 0.29) is 17.3 Å². The number of carbonyl (C=O) groups is 1. The van der Waals surface area contributed by atoms with E-state index in [0.717, 1.165) is 18.4 Å². The molecule has 6 heteroatoms. The van der Waals surface area contributed by atoms with E-state index in [9.17, 15) is 20.1 Å². The standard InChI is InChI=1S/C32H47NO5/c1-27(2)22-12-9-10-13-23(22)28(3,4)33(27)38-24-18-25-30(7,15-11-16-31(25,8)26(34)35)21-14-17-32(37,19-20(21)24)29(5,6)36/h9-10,12-13,19,21,24-25,36-37H,11,14-18H2,1-8H3,(H,34,35)/t21-,24+,25+,30+,31+,32-/m0/s1. The van der Waals surface area contributed by atoms with Crippen LogP contribution in [0, 0.1) is 22.7 Å². The highest BCUT2D eigenvalue weighted by molar-refractivity contribution is 5.75. The second-order valence-electron chi connectivity index (χ2n) is 14.6. The average molecular weight is 526 g/mol. The number of hydrogen-bond acceptors (Lipinski definition) is 5. The van der Waals surface area contributed by atoms with E-state index < -0.39 is 39.8 Å². The third-order valence-corrected chi connectivity index (χ3v) is 11.3. The number of hydrogen-bond donors (Lipinski definition) is 3. The maximum Gasteiger partial charge on any atom is 0.309 e. The van der Waals surface area contributed by atoms with E-state index >= 15 is 0 Å². The van der Waals surface area contributed by atoms with Gasteiger partial charge in [-0.15, -0.1) is 0 Å². The summed E-state index contributed by atoms with van der Waals surface area (Å²) >= 11 is 0. The predicted octanol–water partition coefficient (Wildman–Crippen LogP) is 5.91. The number of aliphatic carboxylic acids is 1. The molecular formula is C32H47NO5. The van der Waals surface area contributed by atoms with Gasteiger partial charge in [-0.2, -0.15) is 5.06 Å². The average Bonchev–Trinajstić information content (AvgIpc) is 2.96. The van der Waals surface area contributed by atoms with Crippen LogP contribution in [-0.2, 0) is 20.7 Å². The van der Waals surface area contributed by atoms with Crippen molar-refractivity contribution in [2.24, 2.45) is 22.7 Å². The highest BCUT2D eigenvalue weighted by Crippen LogP contribution is 2.65. The van der Waals surface area contributed by atoms with Gasteiger partial charge in [0.25, 0.3) is 0 Å². The van der Waals surface area contributed by atoms with Crippen molar-refractivity contribution in [3.63, 3.8) is 0 Å². The van der Waals surface area contributed by atoms with Gasteiger partial charge in [0, 0.05) is 0 Å². The number of benzene rings is 1. The Labute approximate surface area is 228 Å². The van der Waals surface area contributed by atoms with Crippen LogP contribution in [0.5, 0.6) is 0 Å². The summed E-state index contributed by atoms with van der Waals surface area (Å²) in [5.74, 6) is -0.695. The Hall–Kier alpha value is -1.73. The van der Waals surface area contributed by atoms with Gasteiger partial charge in [-0.25, -0.2) is 0 Å². The van der Waals surface area contributed by atoms with Gasteiger partial charge in [0.15, 0.2) is 0 Å². The number of fused-ring (bicyclic) bond motifs is 4. The van der Waals surface area contributed by atoms with Gasteiger partial charge in [-0.05, 0) is 121 Å². The molecule has 1 heterocycles. The van der Waals surface area contributed by atoms with E-state index in [4.69, 9.17) is 4.84 Å². The van der Waals surface area contributed by atoms with Crippen LogP contribution >= 0.6 is 0 Å². The number of carboxylic acid groups (broad SMARTS) is 1. The summed E-state index contributed by atoms with van der Waals surface area (Å²) in [6.07, 6.45) is 5.71. The third-order valence-electron chi connectivity index (χ3n) is 11.3. The normalized spacial score (nSPS) is 40.1. The first-order valence-corrected chi connectivity index (χ1v) is 14.4. The lowest BCUT2D eigenvalue weighted by Gasteiger charge is -2.61. The number of rotatable bonds is 4. The van der Waals surface area contributed by atoms with E-state index in [1.54, 1.807) is 13.8 Å². The van der Waals surface area contributed by atoms with Gasteiger partial charge < -0.3 is 15.3 Å². The minimum atomic E-state index is -1.37. The molecule has 0 aromatic heterocycles. The Bertz CT molecular complexity index is 1130. The number of hydroxylamine groups is 2. The van der Waals surface area contributed by atoms with Crippen molar-refractivity contribution in [3.05, 3.63) is 47.0 Å². The van der Waals surface area contributed by atoms with E-state index in [1.165, 1.54) is 11.1 Å². The highest BCUT2D eigenvalue weighted by atomic mass is 16.7. The molecule has 3 aliphatic carbocycles. The first kappa shape index (κ1) is 27.8. The van der Waals surface area contributed by atoms with E-state index in [1.807, 2.05) is 13.0 Å². The Morgan fingerprint density at radius 3 is 2.11 bits per heavy atom. The van der Waals surface area contributed by atoms with Crippen LogP contribution in [0.25, 0.3) is 0 Å². The molecule has 38 heavy (non-hydrogen) atoms. The van der Waals surface area contributed by atoms with Crippen LogP contribution in [0.1, 0.15) is 105 Å². The summed E-state index contributed by atoms with van der Waals surface area (Å²) in [6, 6.07) is 8.46. The fraction of sp³-hybridized carbons (Fsp3) is 0.719. The monoisotopic (exact) mass is 525 g/mol. The molecular weight excluding hydrogens is 478 g/mol. The number of nitrogens with zero attached hydrogens (tertiary/aromatic N) is 1. The second kappa shape index (κ2) is 8.39. The maximum absolute atomic E-state index is 12.7. The lowest BCUT2D eigenvalue weighted by molar-refractivity contribution is -0.294. The van der Waals surface area contributed by atoms with Gasteiger partial charge in [0.2, 0.25) is 0 Å². The van der Waals surface area contributed by atoms with Gasteiger partial charge >= 0.3 is 5.97 Å². The molecule has 5 rings (SSSR count). The molecule has 0 radical (unpaired) electrons. The first-order chi connectivity index (χ1) is 17.4. The third kappa shape index (κ3) is 3.70. The SMILES string of the molecule is CC1(C)c2ccccc2C(C)(C)N1O[C@@H]1C[C@@H]2[C@](C)(CCC[C@@]2(C)C(=O)O)[C@H]2CC[C@@](O)(C(C)(C)O)C=C12. The molecule has 0 saturated heterocycles. The van der Waals surface area contributed by atoms with Gasteiger partial charge in [0.1, 0.15) is 11.7 Å². The molecule has 1 aromatic rings. The van der Waals surface area contributed by atoms with Crippen molar-refractivity contribution < 1.29 is 25.0 Å². The van der Waals surface area contributed by atoms with Crippen molar-refractivity contribution in [1.82, 2.24) is 5.06 Å². The minimum Gasteiger partial charge on any atom is -0.481 e. The summed E-state index contributed by atoms with van der Waals surface area (Å²) in [4.78, 5) is 19.8. The summed E-state index contributed by atoms with van der Waals surface area (Å²) in [5, 5.41) is 35.2. The Morgan fingerprint density at radius 1 is 1.00 bits per heavy atom. The quantitative estimate of drug-likeness (QED) is 0.423. The zero-order valence-corrected chi connectivity index (χ0v) is 24.5. The number of aliphatic hydroxyl groups is 2. The summed E-state index contributed by atoms with van der Waals surface area (Å²) in [7, 11) is 0. The Morgan fingerprint density at radius 2 is 1.58 bits per heavy atom. The van der Waals surface area contributed by atoms with Gasteiger partial charge in [0.05, 0.1) is 22.1 Å². The van der Waals surface area contributed by atoms with Crippen LogP contribution < -0.4 is 0 Å². The van der Waals surface area contributed by atoms with Crippen molar-refractivity contribution in [2.75, 3.05) is 0 Å². The molecule has 1 aliphatic heterocycles. The van der Waals surface area contributed by atoms with Crippen molar-refractivity contribution in [3.8, 4) is 0 Å². The van der Waals surface area contributed by atoms with Gasteiger partial charge in [-0.3, -0.25) is 9.63 Å².